The third-order valence-electron chi connectivity index (χ3n) is 3.29. The fourth-order valence-corrected chi connectivity index (χ4v) is 1.79. The quantitative estimate of drug-likeness (QED) is 0.409. The lowest BCUT2D eigenvalue weighted by Gasteiger charge is -2.32. The number of aliphatic hydroxyl groups excluding tert-OH is 1. The molecule has 1 rings (SSSR count). The average molecular weight is 253 g/mol. The molecule has 18 heavy (non-hydrogen) atoms. The van der Waals surface area contributed by atoms with Gasteiger partial charge in [0.05, 0.1) is 17.1 Å². The van der Waals surface area contributed by atoms with Crippen molar-refractivity contribution in [2.24, 2.45) is 0 Å². The highest BCUT2D eigenvalue weighted by Crippen LogP contribution is 2.28. The molecule has 6 heteroatoms. The molecule has 1 aromatic rings. The first-order chi connectivity index (χ1) is 8.48. The minimum absolute atomic E-state index is 0.00308. The Morgan fingerprint density at radius 3 is 2.44 bits per heavy atom. The molecular formula is C12H19N3O3. The predicted octanol–water partition coefficient (Wildman–Crippen LogP) is 2.14. The third-order valence-corrected chi connectivity index (χ3v) is 3.29. The maximum Gasteiger partial charge on any atom is 0.292 e. The molecular weight excluding hydrogens is 234 g/mol. The molecule has 0 bridgehead atoms. The van der Waals surface area contributed by atoms with Crippen LogP contribution in [0.4, 0.5) is 17.1 Å². The number of aliphatic hydroxyl groups is 1. The van der Waals surface area contributed by atoms with E-state index in [2.05, 4.69) is 5.32 Å². The van der Waals surface area contributed by atoms with Crippen molar-refractivity contribution in [1.29, 1.82) is 0 Å². The summed E-state index contributed by atoms with van der Waals surface area (Å²) in [6, 6.07) is 4.49. The number of nitrogens with one attached hydrogen (secondary N) is 1. The van der Waals surface area contributed by atoms with E-state index in [1.807, 2.05) is 13.8 Å². The minimum Gasteiger partial charge on any atom is -0.394 e. The first-order valence-electron chi connectivity index (χ1n) is 5.91. The van der Waals surface area contributed by atoms with Gasteiger partial charge in [0.2, 0.25) is 0 Å². The lowest BCUT2D eigenvalue weighted by Crippen LogP contribution is -2.40. The lowest BCUT2D eigenvalue weighted by atomic mass is 9.93. The predicted molar refractivity (Wildman–Crippen MR) is 71.5 cm³/mol. The molecule has 0 saturated carbocycles. The maximum atomic E-state index is 10.7. The molecule has 0 aliphatic rings. The Labute approximate surface area is 106 Å². The van der Waals surface area contributed by atoms with Crippen LogP contribution in [0.2, 0.25) is 0 Å². The zero-order valence-electron chi connectivity index (χ0n) is 10.6. The van der Waals surface area contributed by atoms with Crippen LogP contribution in [0, 0.1) is 10.1 Å². The van der Waals surface area contributed by atoms with Gasteiger partial charge in [-0.2, -0.15) is 0 Å². The molecule has 0 saturated heterocycles. The fraction of sp³-hybridized carbons (Fsp3) is 0.500. The molecule has 100 valence electrons. The molecule has 0 amide bonds. The van der Waals surface area contributed by atoms with Gasteiger partial charge >= 0.3 is 0 Å². The van der Waals surface area contributed by atoms with Crippen LogP contribution in [0.5, 0.6) is 0 Å². The number of nitrogens with zero attached hydrogens (tertiary/aromatic N) is 1. The topological polar surface area (TPSA) is 101 Å². The van der Waals surface area contributed by atoms with Crippen LogP contribution in [0.25, 0.3) is 0 Å². The maximum absolute atomic E-state index is 10.7. The van der Waals surface area contributed by atoms with Gasteiger partial charge in [0.15, 0.2) is 0 Å². The zero-order valence-corrected chi connectivity index (χ0v) is 10.6. The molecule has 1 aromatic carbocycles. The standard InChI is InChI=1S/C12H19N3O3/c1-3-12(4-2,8-16)14-9-5-6-11(15(17)18)10(13)7-9/h5-7,14,16H,3-4,8,13H2,1-2H3. The van der Waals surface area contributed by atoms with Crippen LogP contribution in [0.1, 0.15) is 26.7 Å². The molecule has 0 radical (unpaired) electrons. The Kier molecular flexibility index (Phi) is 4.49. The molecule has 0 atom stereocenters. The number of hydrogen-bond acceptors (Lipinski definition) is 5. The van der Waals surface area contributed by atoms with Crippen molar-refractivity contribution in [3.05, 3.63) is 28.3 Å². The van der Waals surface area contributed by atoms with Crippen molar-refractivity contribution in [2.45, 2.75) is 32.2 Å². The first kappa shape index (κ1) is 14.2. The van der Waals surface area contributed by atoms with E-state index in [9.17, 15) is 15.2 Å². The van der Waals surface area contributed by atoms with Gasteiger partial charge in [0.25, 0.3) is 5.69 Å². The molecule has 0 unspecified atom stereocenters. The highest BCUT2D eigenvalue weighted by molar-refractivity contribution is 5.66. The normalized spacial score (nSPS) is 11.3. The van der Waals surface area contributed by atoms with Gasteiger partial charge < -0.3 is 16.2 Å². The third kappa shape index (κ3) is 2.89. The van der Waals surface area contributed by atoms with Gasteiger partial charge in [-0.1, -0.05) is 13.8 Å². The highest BCUT2D eigenvalue weighted by Gasteiger charge is 2.25. The van der Waals surface area contributed by atoms with E-state index in [0.29, 0.717) is 5.69 Å². The van der Waals surface area contributed by atoms with Crippen molar-refractivity contribution in [3.63, 3.8) is 0 Å². The number of nitrogens with two attached hydrogens (primary N) is 1. The number of nitro groups is 1. The van der Waals surface area contributed by atoms with Gasteiger partial charge in [-0.15, -0.1) is 0 Å². The van der Waals surface area contributed by atoms with Crippen molar-refractivity contribution in [1.82, 2.24) is 0 Å². The fourth-order valence-electron chi connectivity index (χ4n) is 1.79. The highest BCUT2D eigenvalue weighted by atomic mass is 16.6. The SMILES string of the molecule is CCC(CC)(CO)Nc1ccc([N+](=O)[O-])c(N)c1. The zero-order chi connectivity index (χ0) is 13.8. The summed E-state index contributed by atoms with van der Waals surface area (Å²) in [4.78, 5) is 10.1. The summed E-state index contributed by atoms with van der Waals surface area (Å²) in [6.07, 6.45) is 1.49. The summed E-state index contributed by atoms with van der Waals surface area (Å²) in [5, 5.41) is 23.3. The largest absolute Gasteiger partial charge is 0.394 e. The summed E-state index contributed by atoms with van der Waals surface area (Å²) >= 11 is 0. The van der Waals surface area contributed by atoms with Gasteiger partial charge in [-0.3, -0.25) is 10.1 Å². The minimum atomic E-state index is -0.516. The Morgan fingerprint density at radius 2 is 2.06 bits per heavy atom. The summed E-state index contributed by atoms with van der Waals surface area (Å²) < 4.78 is 0. The lowest BCUT2D eigenvalue weighted by molar-refractivity contribution is -0.383. The number of nitro benzene ring substituents is 1. The van der Waals surface area contributed by atoms with Crippen molar-refractivity contribution in [3.8, 4) is 0 Å². The molecule has 0 aromatic heterocycles. The van der Waals surface area contributed by atoms with Crippen LogP contribution >= 0.6 is 0 Å². The number of anilines is 2. The molecule has 0 heterocycles. The van der Waals surface area contributed by atoms with Crippen LogP contribution < -0.4 is 11.1 Å². The van der Waals surface area contributed by atoms with Crippen molar-refractivity contribution >= 4 is 17.1 Å². The summed E-state index contributed by atoms with van der Waals surface area (Å²) in [7, 11) is 0. The number of benzene rings is 1. The molecule has 0 spiro atoms. The molecule has 0 aliphatic carbocycles. The molecule has 0 aliphatic heterocycles. The van der Waals surface area contributed by atoms with E-state index in [1.54, 1.807) is 6.07 Å². The van der Waals surface area contributed by atoms with E-state index < -0.39 is 10.5 Å². The van der Waals surface area contributed by atoms with Gasteiger partial charge in [-0.25, -0.2) is 0 Å². The second-order valence-corrected chi connectivity index (χ2v) is 4.30. The van der Waals surface area contributed by atoms with Crippen LogP contribution in [0.15, 0.2) is 18.2 Å². The second-order valence-electron chi connectivity index (χ2n) is 4.30. The Balaban J connectivity index is 2.98. The van der Waals surface area contributed by atoms with Gasteiger partial charge in [-0.05, 0) is 25.0 Å². The Bertz CT molecular complexity index is 422. The van der Waals surface area contributed by atoms with E-state index in [0.717, 1.165) is 12.8 Å². The summed E-state index contributed by atoms with van der Waals surface area (Å²) in [6.45, 7) is 3.94. The van der Waals surface area contributed by atoms with Gasteiger partial charge in [0, 0.05) is 11.8 Å². The molecule has 4 N–H and O–H groups in total. The summed E-state index contributed by atoms with van der Waals surface area (Å²) in [5.41, 5.74) is 5.89. The molecule has 0 fully saturated rings. The van der Waals surface area contributed by atoms with E-state index in [1.165, 1.54) is 12.1 Å². The van der Waals surface area contributed by atoms with E-state index in [4.69, 9.17) is 5.73 Å². The monoisotopic (exact) mass is 253 g/mol. The van der Waals surface area contributed by atoms with Crippen LogP contribution in [-0.2, 0) is 0 Å². The molecule has 6 nitrogen and oxygen atoms in total. The van der Waals surface area contributed by atoms with Crippen LogP contribution in [-0.4, -0.2) is 22.2 Å². The van der Waals surface area contributed by atoms with Crippen molar-refractivity contribution in [2.75, 3.05) is 17.7 Å². The second kappa shape index (κ2) is 5.68. The first-order valence-corrected chi connectivity index (χ1v) is 5.91. The number of rotatable bonds is 6. The Hall–Kier alpha value is -1.82. The van der Waals surface area contributed by atoms with E-state index >= 15 is 0 Å². The summed E-state index contributed by atoms with van der Waals surface area (Å²) in [5.74, 6) is 0. The number of nitrogen functional groups attached to an aromatic ring is 1. The van der Waals surface area contributed by atoms with Gasteiger partial charge in [0.1, 0.15) is 5.69 Å². The van der Waals surface area contributed by atoms with Crippen LogP contribution in [0.3, 0.4) is 0 Å². The van der Waals surface area contributed by atoms with E-state index in [-0.39, 0.29) is 18.0 Å². The Morgan fingerprint density at radius 1 is 1.44 bits per heavy atom. The smallest absolute Gasteiger partial charge is 0.292 e. The number of hydrogen-bond donors (Lipinski definition) is 3. The van der Waals surface area contributed by atoms with Crippen molar-refractivity contribution < 1.29 is 10.0 Å². The average Bonchev–Trinajstić information content (AvgIpc) is 2.36.